The molecule has 0 radical (unpaired) electrons. The van der Waals surface area contributed by atoms with Gasteiger partial charge in [-0.1, -0.05) is 67.4 Å². The van der Waals surface area contributed by atoms with Crippen molar-refractivity contribution in [2.24, 2.45) is 5.41 Å². The second kappa shape index (κ2) is 24.7. The number of nitrogens with zero attached hydrogens (tertiary/aromatic N) is 5. The van der Waals surface area contributed by atoms with Gasteiger partial charge in [0.15, 0.2) is 0 Å². The van der Waals surface area contributed by atoms with Crippen molar-refractivity contribution >= 4 is 89.7 Å². The third-order valence-corrected chi connectivity index (χ3v) is 21.8. The summed E-state index contributed by atoms with van der Waals surface area (Å²) in [4.78, 5) is 72.8. The Balaban J connectivity index is 0.733. The number of carbonyl (C=O) groups excluding carboxylic acids is 5. The number of sulfone groups is 1. The Bertz CT molecular complexity index is 3780. The van der Waals surface area contributed by atoms with Gasteiger partial charge in [-0.05, 0) is 128 Å². The van der Waals surface area contributed by atoms with Crippen LogP contribution in [0.3, 0.4) is 0 Å². The Morgan fingerprint density at radius 3 is 2.21 bits per heavy atom. The number of piperidine rings is 2. The zero-order valence-electron chi connectivity index (χ0n) is 47.7. The fourth-order valence-electron chi connectivity index (χ4n) is 12.8. The molecule has 5 fully saturated rings. The van der Waals surface area contributed by atoms with Crippen LogP contribution in [0.15, 0.2) is 129 Å². The molecule has 0 saturated carbocycles. The van der Waals surface area contributed by atoms with Crippen LogP contribution in [0.5, 0.6) is 0 Å². The van der Waals surface area contributed by atoms with E-state index in [1.807, 2.05) is 47.2 Å². The Hall–Kier alpha value is -6.67. The fourth-order valence-corrected chi connectivity index (χ4v) is 15.9. The number of nitrogens with one attached hydrogen (secondary N) is 3. The van der Waals surface area contributed by atoms with Gasteiger partial charge in [0, 0.05) is 116 Å². The van der Waals surface area contributed by atoms with Crippen LogP contribution in [0, 0.1) is 11.2 Å². The van der Waals surface area contributed by atoms with Crippen molar-refractivity contribution in [1.29, 1.82) is 0 Å². The standard InChI is InChI=1S/C62H65ClF4N8O9S3/c1-61(2)24-22-49(38-8-13-42(63)14-9-38)41(32-61)33-71-26-28-73(29-27-71)44-15-10-39(11-16-44)57(77)70-87(83,84)48-17-19-51(53(31-48)86(81,82)62(65,66)67)68-43(37-85-47-6-4-3-5-7-47)23-25-72-35-45-30-46(36-72)74(45)34-40-12-18-50-55(56(40)64)60(80)75(59(50)79)52-20-21-54(76)69-58(52)78/h3-19,31,43,45-46,52,68H,20-30,32-37H2,1-2H3,(H,70,77)(H,69,76,78)/t43-,45?,46?,52?/m1/s1. The van der Waals surface area contributed by atoms with E-state index in [0.29, 0.717) is 55.1 Å². The topological polar surface area (TPSA) is 206 Å². The zero-order chi connectivity index (χ0) is 61.7. The van der Waals surface area contributed by atoms with E-state index in [-0.39, 0.29) is 59.3 Å². The summed E-state index contributed by atoms with van der Waals surface area (Å²) >= 11 is 7.59. The van der Waals surface area contributed by atoms with Gasteiger partial charge in [-0.25, -0.2) is 25.9 Å². The maximum absolute atomic E-state index is 16.2. The number of fused-ring (bicyclic) bond motifs is 3. The largest absolute Gasteiger partial charge is 0.501 e. The quantitative estimate of drug-likeness (QED) is 0.0401. The number of alkyl halides is 3. The molecule has 1 aliphatic carbocycles. The van der Waals surface area contributed by atoms with Gasteiger partial charge in [0.1, 0.15) is 16.8 Å². The minimum absolute atomic E-state index is 0.0487. The van der Waals surface area contributed by atoms with Crippen molar-refractivity contribution in [3.8, 4) is 0 Å². The molecular weight excluding hydrogens is 1210 g/mol. The summed E-state index contributed by atoms with van der Waals surface area (Å²) in [5, 5.41) is 5.83. The van der Waals surface area contributed by atoms with Gasteiger partial charge < -0.3 is 15.1 Å². The van der Waals surface area contributed by atoms with Gasteiger partial charge in [-0.2, -0.15) is 13.2 Å². The van der Waals surface area contributed by atoms with Gasteiger partial charge in [0.05, 0.1) is 21.7 Å². The maximum atomic E-state index is 16.2. The van der Waals surface area contributed by atoms with Crippen LogP contribution < -0.4 is 20.3 Å². The van der Waals surface area contributed by atoms with Gasteiger partial charge in [0.25, 0.3) is 37.6 Å². The van der Waals surface area contributed by atoms with Crippen LogP contribution in [0.1, 0.15) is 101 Å². The normalized spacial score (nSPS) is 21.6. The van der Waals surface area contributed by atoms with Gasteiger partial charge >= 0.3 is 5.51 Å². The molecule has 5 aromatic carbocycles. The van der Waals surface area contributed by atoms with Crippen LogP contribution in [-0.4, -0.2) is 154 Å². The van der Waals surface area contributed by atoms with E-state index in [4.69, 9.17) is 11.6 Å². The lowest BCUT2D eigenvalue weighted by Crippen LogP contribution is -2.68. The number of rotatable bonds is 19. The summed E-state index contributed by atoms with van der Waals surface area (Å²) < 4.78 is 116. The molecule has 0 aromatic heterocycles. The number of hydrogen-bond acceptors (Lipinski definition) is 15. The number of anilines is 2. The molecule has 3 unspecified atom stereocenters. The number of imide groups is 2. The summed E-state index contributed by atoms with van der Waals surface area (Å²) in [6, 6.07) is 26.6. The Labute approximate surface area is 511 Å². The Morgan fingerprint density at radius 1 is 0.828 bits per heavy atom. The van der Waals surface area contributed by atoms with E-state index >= 15 is 4.39 Å². The van der Waals surface area contributed by atoms with Crippen molar-refractivity contribution in [2.75, 3.05) is 68.3 Å². The Morgan fingerprint density at radius 2 is 1.53 bits per heavy atom. The SMILES string of the molecule is CC1(C)CCC(c2ccc(Cl)cc2)=C(CN2CCN(c3ccc(C(=O)NS(=O)(=O)c4ccc(N[C@H](CCN5CC6CC(C5)N6Cc5ccc6c(c5F)C(=O)N(C5CCC(=O)NC5=O)C6=O)CSc5ccccc5)c(S(=O)(=O)C(F)(F)F)c4)cc3)CC2)C1. The third-order valence-electron chi connectivity index (χ3n) is 17.5. The number of hydrogen-bond donors (Lipinski definition) is 3. The smallest absolute Gasteiger partial charge is 0.380 e. The minimum Gasteiger partial charge on any atom is -0.380 e. The molecule has 25 heteroatoms. The molecule has 5 saturated heterocycles. The molecule has 5 aromatic rings. The summed E-state index contributed by atoms with van der Waals surface area (Å²) in [6.45, 7) is 9.96. The highest BCUT2D eigenvalue weighted by atomic mass is 35.5. The molecule has 3 N–H and O–H groups in total. The highest BCUT2D eigenvalue weighted by molar-refractivity contribution is 7.99. The van der Waals surface area contributed by atoms with Crippen LogP contribution in [0.2, 0.25) is 5.02 Å². The lowest BCUT2D eigenvalue weighted by molar-refractivity contribution is -0.136. The molecule has 2 bridgehead atoms. The molecule has 6 aliphatic heterocycles. The first kappa shape index (κ1) is 62.0. The average molecular weight is 1270 g/mol. The van der Waals surface area contributed by atoms with Crippen molar-refractivity contribution < 1.29 is 58.4 Å². The summed E-state index contributed by atoms with van der Waals surface area (Å²) in [5.41, 5.74) is -1.80. The average Bonchev–Trinajstić information content (AvgIpc) is 1.90. The van der Waals surface area contributed by atoms with Gasteiger partial charge in [-0.3, -0.25) is 44.0 Å². The first-order valence-corrected chi connectivity index (χ1v) is 33.2. The second-order valence-electron chi connectivity index (χ2n) is 23.9. The van der Waals surface area contributed by atoms with E-state index in [0.717, 1.165) is 68.0 Å². The summed E-state index contributed by atoms with van der Waals surface area (Å²) in [7, 11) is -11.1. The van der Waals surface area contributed by atoms with Gasteiger partial charge in [-0.15, -0.1) is 11.8 Å². The number of sulfonamides is 1. The molecule has 4 atom stereocenters. The molecule has 87 heavy (non-hydrogen) atoms. The molecular formula is C62H65ClF4N8O9S3. The number of benzene rings is 5. The first-order valence-electron chi connectivity index (χ1n) is 28.8. The van der Waals surface area contributed by atoms with E-state index in [9.17, 15) is 54.0 Å². The zero-order valence-corrected chi connectivity index (χ0v) is 51.0. The lowest BCUT2D eigenvalue weighted by Gasteiger charge is -2.56. The van der Waals surface area contributed by atoms with Crippen LogP contribution in [-0.2, 0) is 36.0 Å². The first-order chi connectivity index (χ1) is 41.3. The number of carbonyl (C=O) groups is 5. The molecule has 12 rings (SSSR count). The Kier molecular flexibility index (Phi) is 17.6. The van der Waals surface area contributed by atoms with Crippen LogP contribution in [0.25, 0.3) is 5.57 Å². The van der Waals surface area contributed by atoms with Crippen molar-refractivity contribution in [1.82, 2.24) is 29.6 Å². The predicted molar refractivity (Wildman–Crippen MR) is 322 cm³/mol. The number of halogens is 5. The molecule has 6 heterocycles. The molecule has 0 spiro atoms. The molecule has 460 valence electrons. The number of thioether (sulfide) groups is 1. The molecule has 7 aliphatic rings. The van der Waals surface area contributed by atoms with Crippen molar-refractivity contribution in [3.05, 3.63) is 153 Å². The van der Waals surface area contributed by atoms with Gasteiger partial charge in [0.2, 0.25) is 11.8 Å². The fraction of sp³-hybridized carbons (Fsp3) is 0.403. The predicted octanol–water partition coefficient (Wildman–Crippen LogP) is 9.00. The number of piperazine rings is 2. The second-order valence-corrected chi connectivity index (χ2v) is 29.0. The van der Waals surface area contributed by atoms with Crippen molar-refractivity contribution in [3.63, 3.8) is 0 Å². The van der Waals surface area contributed by atoms with E-state index in [1.165, 1.54) is 52.7 Å². The summed E-state index contributed by atoms with van der Waals surface area (Å²) in [6.07, 6.45) is 3.99. The monoisotopic (exact) mass is 1270 g/mol. The van der Waals surface area contributed by atoms with E-state index in [2.05, 4.69) is 56.2 Å². The van der Waals surface area contributed by atoms with Crippen LogP contribution >= 0.6 is 23.4 Å². The molecule has 5 amide bonds. The third kappa shape index (κ3) is 13.2. The highest BCUT2D eigenvalue weighted by Gasteiger charge is 2.50. The maximum Gasteiger partial charge on any atom is 0.501 e. The van der Waals surface area contributed by atoms with Crippen molar-refractivity contribution in [2.45, 2.75) is 110 Å². The van der Waals surface area contributed by atoms with E-state index in [1.54, 1.807) is 12.1 Å². The minimum atomic E-state index is -6.19. The number of amides is 5. The molecule has 17 nitrogen and oxygen atoms in total. The van der Waals surface area contributed by atoms with E-state index < -0.39 is 93.8 Å². The lowest BCUT2D eigenvalue weighted by atomic mass is 9.73. The number of allylic oxidation sites excluding steroid dienone is 1. The summed E-state index contributed by atoms with van der Waals surface area (Å²) in [5.74, 6) is -4.80. The van der Waals surface area contributed by atoms with Crippen LogP contribution in [0.4, 0.5) is 28.9 Å². The highest BCUT2D eigenvalue weighted by Crippen LogP contribution is 2.44.